The van der Waals surface area contributed by atoms with Gasteiger partial charge < -0.3 is 29.6 Å². The first-order chi connectivity index (χ1) is 23.2. The molecule has 3 aromatic rings. The molecule has 3 saturated heterocycles. The van der Waals surface area contributed by atoms with Crippen LogP contribution < -0.4 is 17.0 Å². The van der Waals surface area contributed by atoms with Crippen molar-refractivity contribution in [3.8, 4) is 0 Å². The van der Waals surface area contributed by atoms with E-state index >= 15 is 4.39 Å². The molecule has 0 aromatic carbocycles. The molecule has 6 rings (SSSR count). The van der Waals surface area contributed by atoms with Crippen LogP contribution in [0.15, 0.2) is 34.5 Å². The maximum atomic E-state index is 16.1. The van der Waals surface area contributed by atoms with Crippen molar-refractivity contribution in [2.75, 3.05) is 24.9 Å². The first-order valence-corrected chi connectivity index (χ1v) is 19.1. The van der Waals surface area contributed by atoms with E-state index in [0.717, 1.165) is 12.3 Å². The number of fused-ring (bicyclic) bond motifs is 3. The van der Waals surface area contributed by atoms with Gasteiger partial charge in [0.2, 0.25) is 0 Å². The number of H-pyrrole nitrogens is 1. The Kier molecular flexibility index (Phi) is 10.3. The molecule has 4 N–H and O–H groups in total. The molecule has 21 nitrogen and oxygen atoms in total. The monoisotopic (exact) mass is 753 g/mol. The number of carbonyl (C=O) groups is 1. The molecule has 3 aliphatic heterocycles. The number of rotatable bonds is 6. The van der Waals surface area contributed by atoms with E-state index in [1.807, 2.05) is 4.98 Å². The van der Waals surface area contributed by atoms with E-state index in [0.29, 0.717) is 15.9 Å². The molecule has 6 heterocycles. The van der Waals surface area contributed by atoms with Gasteiger partial charge in [0.1, 0.15) is 42.5 Å². The summed E-state index contributed by atoms with van der Waals surface area (Å²) in [6.45, 7) is -2.89. The number of nitrogens with two attached hydrogens (primary N) is 1. The number of nitrogens with zero attached hydrogens (tertiary/aromatic N) is 5. The summed E-state index contributed by atoms with van der Waals surface area (Å²) in [6.07, 6.45) is -9.02. The highest BCUT2D eigenvalue weighted by atomic mass is 32.7. The first kappa shape index (κ1) is 35.6. The number of nitrogens with one attached hydrogen (secondary N) is 1. The summed E-state index contributed by atoms with van der Waals surface area (Å²) in [7, 11) is -4.94. The second-order valence-corrected chi connectivity index (χ2v) is 16.4. The van der Waals surface area contributed by atoms with E-state index in [9.17, 15) is 28.4 Å². The Morgan fingerprint density at radius 1 is 1.14 bits per heavy atom. The number of phosphoric ester groups is 1. The van der Waals surface area contributed by atoms with Crippen molar-refractivity contribution in [3.63, 3.8) is 0 Å². The third kappa shape index (κ3) is 7.90. The van der Waals surface area contributed by atoms with Crippen LogP contribution >= 0.6 is 26.0 Å². The Hall–Kier alpha value is -3.24. The highest BCUT2D eigenvalue weighted by Gasteiger charge is 2.53. The van der Waals surface area contributed by atoms with Crippen molar-refractivity contribution in [2.24, 2.45) is 0 Å². The Morgan fingerprint density at radius 2 is 1.92 bits per heavy atom. The van der Waals surface area contributed by atoms with E-state index in [1.165, 1.54) is 17.2 Å². The first-order valence-electron chi connectivity index (χ1n) is 14.5. The zero-order valence-corrected chi connectivity index (χ0v) is 28.1. The minimum atomic E-state index is -4.94. The number of aromatic nitrogens is 6. The van der Waals surface area contributed by atoms with Gasteiger partial charge in [0, 0.05) is 30.1 Å². The largest absolute Gasteiger partial charge is 0.509 e. The third-order valence-electron chi connectivity index (χ3n) is 7.31. The molecule has 3 fully saturated rings. The zero-order chi connectivity index (χ0) is 35.1. The van der Waals surface area contributed by atoms with E-state index in [2.05, 4.69) is 15.0 Å². The molecule has 2 unspecified atom stereocenters. The van der Waals surface area contributed by atoms with Gasteiger partial charge >= 0.3 is 26.5 Å². The lowest BCUT2D eigenvalue weighted by Gasteiger charge is -2.28. The SMILES string of the molecule is CC(C)OC(=O)OCSP1(=O)OC[C@H]2O[C@@H](n3cnc4c(N)ncnc43)C[C@@H]2OP(=O)(O)OC[C@H]2O[C@@H](n3ccc(=O)[nH]c3=O)[C@H](F)[C@@H]2O1. The smallest absolute Gasteiger partial charge is 0.432 e. The van der Waals surface area contributed by atoms with Crippen molar-refractivity contribution >= 4 is 49.1 Å². The predicted octanol–water partition coefficient (Wildman–Crippen LogP) is 1.76. The summed E-state index contributed by atoms with van der Waals surface area (Å²) >= 11 is 0.357. The molecule has 49 heavy (non-hydrogen) atoms. The van der Waals surface area contributed by atoms with Crippen molar-refractivity contribution in [1.82, 2.24) is 29.1 Å². The van der Waals surface area contributed by atoms with E-state index < -0.39 is 100 Å². The highest BCUT2D eigenvalue weighted by Crippen LogP contribution is 2.64. The normalized spacial score (nSPS) is 33.8. The molecular weight excluding hydrogens is 723 g/mol. The average Bonchev–Trinajstić information content (AvgIpc) is 3.71. The Bertz CT molecular complexity index is 1910. The van der Waals surface area contributed by atoms with E-state index in [-0.39, 0.29) is 23.4 Å². The molecule has 0 saturated carbocycles. The summed E-state index contributed by atoms with van der Waals surface area (Å²) in [6, 6.07) is 0.938. The summed E-state index contributed by atoms with van der Waals surface area (Å²) in [5.74, 6) is -0.540. The second-order valence-electron chi connectivity index (χ2n) is 11.0. The van der Waals surface area contributed by atoms with Crippen molar-refractivity contribution in [2.45, 2.75) is 69.4 Å². The molecule has 9 atom stereocenters. The van der Waals surface area contributed by atoms with Crippen molar-refractivity contribution < 1.29 is 60.3 Å². The van der Waals surface area contributed by atoms with Crippen LogP contribution in [-0.2, 0) is 46.2 Å². The van der Waals surface area contributed by atoms with Crippen LogP contribution in [0.5, 0.6) is 0 Å². The number of ether oxygens (including phenoxy) is 4. The predicted molar refractivity (Wildman–Crippen MR) is 163 cm³/mol. The van der Waals surface area contributed by atoms with Gasteiger partial charge in [-0.25, -0.2) is 38.1 Å². The van der Waals surface area contributed by atoms with Crippen LogP contribution in [0.2, 0.25) is 0 Å². The number of carbonyl (C=O) groups excluding carboxylic acids is 1. The van der Waals surface area contributed by atoms with Crippen molar-refractivity contribution in [1.29, 1.82) is 0 Å². The van der Waals surface area contributed by atoms with Crippen molar-refractivity contribution in [3.05, 3.63) is 45.8 Å². The highest BCUT2D eigenvalue weighted by molar-refractivity contribution is 8.55. The van der Waals surface area contributed by atoms with Gasteiger partial charge in [0.05, 0.1) is 25.6 Å². The third-order valence-corrected chi connectivity index (χ3v) is 11.7. The van der Waals surface area contributed by atoms with Gasteiger partial charge in [-0.05, 0) is 13.8 Å². The van der Waals surface area contributed by atoms with Crippen LogP contribution in [0, 0.1) is 0 Å². The van der Waals surface area contributed by atoms with Crippen LogP contribution in [-0.4, -0.2) is 96.0 Å². The standard InChI is InChI=1S/C24H30FN7O14P2S/c1-11(2)42-24(35)39-10-49-48(38)41-6-13-12(5-16(43-13)32-9-29-18-20(26)27-8-28-21(18)32)45-47(36,37)40-7-14-19(46-48)17(25)22(44-14)31-4-3-15(33)30-23(31)34/h3-4,8-9,11-14,16-17,19,22H,5-7,10H2,1-2H3,(H,36,37)(H2,26,27,28)(H,30,33,34)/t12-,13+,14+,16+,17+,19+,22+,48?/m0/s1. The fraction of sp³-hybridized carbons (Fsp3) is 0.583. The van der Waals surface area contributed by atoms with Crippen LogP contribution in [0.1, 0.15) is 32.7 Å². The summed E-state index contributed by atoms with van der Waals surface area (Å²) in [4.78, 5) is 60.9. The van der Waals surface area contributed by atoms with Gasteiger partial charge in [0.25, 0.3) is 5.56 Å². The molecule has 3 aromatic heterocycles. The summed E-state index contributed by atoms with van der Waals surface area (Å²) < 4.78 is 89.2. The Labute approximate surface area is 278 Å². The minimum absolute atomic E-state index is 0.0912. The minimum Gasteiger partial charge on any atom is -0.432 e. The quantitative estimate of drug-likeness (QED) is 0.184. The van der Waals surface area contributed by atoms with Crippen LogP contribution in [0.4, 0.5) is 15.0 Å². The lowest BCUT2D eigenvalue weighted by Crippen LogP contribution is -2.37. The number of alkyl halides is 1. The molecule has 0 bridgehead atoms. The molecule has 268 valence electrons. The fourth-order valence-corrected chi connectivity index (χ4v) is 8.91. The second kappa shape index (κ2) is 14.2. The summed E-state index contributed by atoms with van der Waals surface area (Å²) in [5, 5.41) is 0. The average molecular weight is 754 g/mol. The lowest BCUT2D eigenvalue weighted by molar-refractivity contribution is -0.0619. The number of halogens is 1. The Balaban J connectivity index is 1.29. The fourth-order valence-electron chi connectivity index (χ4n) is 5.17. The number of hydrogen-bond donors (Lipinski definition) is 3. The van der Waals surface area contributed by atoms with E-state index in [1.54, 1.807) is 13.8 Å². The summed E-state index contributed by atoms with van der Waals surface area (Å²) in [5.41, 5.74) is 4.63. The maximum Gasteiger partial charge on any atom is 0.509 e. The molecule has 0 aliphatic carbocycles. The number of anilines is 1. The van der Waals surface area contributed by atoms with Gasteiger partial charge in [-0.1, -0.05) is 0 Å². The lowest BCUT2D eigenvalue weighted by atomic mass is 10.1. The molecule has 0 radical (unpaired) electrons. The topological polar surface area (TPSA) is 270 Å². The molecule has 25 heteroatoms. The number of nitrogen functional groups attached to an aromatic ring is 1. The number of imidazole rings is 1. The maximum absolute atomic E-state index is 16.1. The number of hydrogen-bond acceptors (Lipinski definition) is 18. The van der Waals surface area contributed by atoms with Gasteiger partial charge in [-0.2, -0.15) is 0 Å². The molecule has 0 spiro atoms. The zero-order valence-electron chi connectivity index (χ0n) is 25.5. The van der Waals surface area contributed by atoms with E-state index in [4.69, 9.17) is 42.8 Å². The number of aromatic amines is 1. The van der Waals surface area contributed by atoms with Gasteiger partial charge in [0.15, 0.2) is 29.8 Å². The van der Waals surface area contributed by atoms with Gasteiger partial charge in [-0.3, -0.25) is 37.0 Å². The molecular formula is C24H30FN7O14P2S. The molecule has 3 aliphatic rings. The van der Waals surface area contributed by atoms with Crippen LogP contribution in [0.25, 0.3) is 11.2 Å². The number of phosphoric acid groups is 1. The molecule has 0 amide bonds. The van der Waals surface area contributed by atoms with Crippen LogP contribution in [0.3, 0.4) is 0 Å². The van der Waals surface area contributed by atoms with Gasteiger partial charge in [-0.15, -0.1) is 0 Å². The Morgan fingerprint density at radius 3 is 2.67 bits per heavy atom.